The smallest absolute Gasteiger partial charge is 0.229 e. The van der Waals surface area contributed by atoms with E-state index in [-0.39, 0.29) is 29.0 Å². The summed E-state index contributed by atoms with van der Waals surface area (Å²) >= 11 is 0. The number of aromatic nitrogens is 2. The number of likely N-dealkylation sites (tertiary alicyclic amines) is 1. The Morgan fingerprint density at radius 2 is 2.00 bits per heavy atom. The average molecular weight is 371 g/mol. The molecule has 2 aliphatic rings. The first kappa shape index (κ1) is 18.1. The quantitative estimate of drug-likeness (QED) is 0.816. The van der Waals surface area contributed by atoms with Crippen LogP contribution in [0.5, 0.6) is 0 Å². The molecule has 27 heavy (non-hydrogen) atoms. The van der Waals surface area contributed by atoms with E-state index in [0.29, 0.717) is 11.7 Å². The number of aryl methyl sites for hydroxylation is 1. The van der Waals surface area contributed by atoms with Crippen molar-refractivity contribution in [1.82, 2.24) is 15.0 Å². The van der Waals surface area contributed by atoms with Crippen LogP contribution in [0.3, 0.4) is 0 Å². The molecule has 4 rings (SSSR count). The van der Waals surface area contributed by atoms with E-state index in [4.69, 9.17) is 9.51 Å². The van der Waals surface area contributed by atoms with Gasteiger partial charge in [-0.2, -0.15) is 4.98 Å². The summed E-state index contributed by atoms with van der Waals surface area (Å²) in [5.41, 5.74) is 1.72. The zero-order valence-corrected chi connectivity index (χ0v) is 16.2. The van der Waals surface area contributed by atoms with Crippen molar-refractivity contribution in [2.45, 2.75) is 57.8 Å². The summed E-state index contributed by atoms with van der Waals surface area (Å²) < 4.78 is 19.4. The minimum atomic E-state index is -0.303. The number of halogens is 1. The van der Waals surface area contributed by atoms with Crippen molar-refractivity contribution >= 4 is 5.91 Å². The van der Waals surface area contributed by atoms with Crippen LogP contribution in [0.4, 0.5) is 4.39 Å². The molecule has 0 bridgehead atoms. The van der Waals surface area contributed by atoms with Crippen molar-refractivity contribution in [2.75, 3.05) is 13.1 Å². The molecule has 5 nitrogen and oxygen atoms in total. The van der Waals surface area contributed by atoms with Gasteiger partial charge >= 0.3 is 0 Å². The number of piperidine rings is 1. The number of hydrogen-bond donors (Lipinski definition) is 0. The van der Waals surface area contributed by atoms with Gasteiger partial charge in [0.05, 0.1) is 5.41 Å². The van der Waals surface area contributed by atoms with Gasteiger partial charge in [-0.25, -0.2) is 4.39 Å². The zero-order valence-electron chi connectivity index (χ0n) is 16.2. The summed E-state index contributed by atoms with van der Waals surface area (Å²) in [5.74, 6) is 1.52. The molecule has 144 valence electrons. The van der Waals surface area contributed by atoms with Crippen LogP contribution in [0.2, 0.25) is 0 Å². The van der Waals surface area contributed by atoms with Crippen molar-refractivity contribution in [1.29, 1.82) is 0 Å². The highest BCUT2D eigenvalue weighted by Crippen LogP contribution is 2.53. The van der Waals surface area contributed by atoms with E-state index in [0.717, 1.165) is 49.9 Å². The SMILES string of the molecule is Cc1ccc(F)cc1C1(c2noc(C3CCN(C(=O)C(C)C)CC3)n2)CC1. The number of hydrogen-bond acceptors (Lipinski definition) is 4. The maximum absolute atomic E-state index is 13.8. The fourth-order valence-electron chi connectivity index (χ4n) is 4.16. The van der Waals surface area contributed by atoms with Crippen LogP contribution in [-0.2, 0) is 10.2 Å². The fraction of sp³-hybridized carbons (Fsp3) is 0.571. The first-order chi connectivity index (χ1) is 12.9. The van der Waals surface area contributed by atoms with Crippen LogP contribution in [-0.4, -0.2) is 34.0 Å². The molecule has 0 radical (unpaired) electrons. The van der Waals surface area contributed by atoms with Gasteiger partial charge in [0.2, 0.25) is 11.8 Å². The predicted octanol–water partition coefficient (Wildman–Crippen LogP) is 3.96. The van der Waals surface area contributed by atoms with E-state index in [9.17, 15) is 9.18 Å². The third kappa shape index (κ3) is 3.26. The second-order valence-electron chi connectivity index (χ2n) is 8.25. The molecule has 6 heteroatoms. The zero-order chi connectivity index (χ0) is 19.2. The Morgan fingerprint density at radius 1 is 1.30 bits per heavy atom. The van der Waals surface area contributed by atoms with Crippen LogP contribution in [0.1, 0.15) is 68.3 Å². The summed E-state index contributed by atoms with van der Waals surface area (Å²) in [6.45, 7) is 7.32. The molecule has 1 aromatic heterocycles. The minimum absolute atomic E-state index is 0.0285. The monoisotopic (exact) mass is 371 g/mol. The number of carbonyl (C=O) groups is 1. The van der Waals surface area contributed by atoms with Crippen LogP contribution < -0.4 is 0 Å². The van der Waals surface area contributed by atoms with E-state index in [1.54, 1.807) is 6.07 Å². The second-order valence-corrected chi connectivity index (χ2v) is 8.25. The highest BCUT2D eigenvalue weighted by molar-refractivity contribution is 5.78. The predicted molar refractivity (Wildman–Crippen MR) is 98.8 cm³/mol. The molecule has 2 heterocycles. The lowest BCUT2D eigenvalue weighted by Crippen LogP contribution is -2.40. The summed E-state index contributed by atoms with van der Waals surface area (Å²) in [6, 6.07) is 4.91. The van der Waals surface area contributed by atoms with Gasteiger partial charge in [-0.3, -0.25) is 4.79 Å². The molecule has 2 aromatic rings. The molecule has 0 atom stereocenters. The first-order valence-electron chi connectivity index (χ1n) is 9.80. The van der Waals surface area contributed by atoms with E-state index >= 15 is 0 Å². The molecule has 1 amide bonds. The number of rotatable bonds is 4. The standard InChI is InChI=1S/C21H26FN3O2/c1-13(2)19(26)25-10-6-15(7-11-25)18-23-20(24-27-18)21(8-9-21)17-12-16(22)5-4-14(17)3/h4-5,12-13,15H,6-11H2,1-3H3. The van der Waals surface area contributed by atoms with Gasteiger partial charge in [0.15, 0.2) is 5.82 Å². The van der Waals surface area contributed by atoms with Gasteiger partial charge in [0, 0.05) is 24.9 Å². The Bertz CT molecular complexity index is 849. The van der Waals surface area contributed by atoms with Crippen molar-refractivity contribution in [2.24, 2.45) is 5.92 Å². The molecule has 1 saturated carbocycles. The lowest BCUT2D eigenvalue weighted by atomic mass is 9.91. The van der Waals surface area contributed by atoms with E-state index in [2.05, 4.69) is 5.16 Å². The van der Waals surface area contributed by atoms with E-state index < -0.39 is 0 Å². The van der Waals surface area contributed by atoms with Gasteiger partial charge in [-0.1, -0.05) is 25.1 Å². The average Bonchev–Trinajstić information content (AvgIpc) is 3.32. The van der Waals surface area contributed by atoms with Crippen molar-refractivity contribution in [3.63, 3.8) is 0 Å². The number of benzene rings is 1. The minimum Gasteiger partial charge on any atom is -0.342 e. The topological polar surface area (TPSA) is 59.2 Å². The summed E-state index contributed by atoms with van der Waals surface area (Å²) in [7, 11) is 0. The number of amides is 1. The van der Waals surface area contributed by atoms with Gasteiger partial charge in [-0.15, -0.1) is 0 Å². The Balaban J connectivity index is 1.50. The lowest BCUT2D eigenvalue weighted by Gasteiger charge is -2.31. The Hall–Kier alpha value is -2.24. The van der Waals surface area contributed by atoms with Gasteiger partial charge in [-0.05, 0) is 55.9 Å². The third-order valence-corrected chi connectivity index (χ3v) is 5.98. The normalized spacial score (nSPS) is 19.5. The molecule has 0 N–H and O–H groups in total. The first-order valence-corrected chi connectivity index (χ1v) is 9.80. The molecule has 1 aromatic carbocycles. The van der Waals surface area contributed by atoms with Crippen molar-refractivity contribution in [3.05, 3.63) is 46.9 Å². The summed E-state index contributed by atoms with van der Waals surface area (Å²) in [5, 5.41) is 4.27. The third-order valence-electron chi connectivity index (χ3n) is 5.98. The Morgan fingerprint density at radius 3 is 2.63 bits per heavy atom. The Labute approximate surface area is 158 Å². The van der Waals surface area contributed by atoms with Gasteiger partial charge < -0.3 is 9.42 Å². The molecular weight excluding hydrogens is 345 g/mol. The van der Waals surface area contributed by atoms with Crippen LogP contribution >= 0.6 is 0 Å². The van der Waals surface area contributed by atoms with E-state index in [1.165, 1.54) is 6.07 Å². The van der Waals surface area contributed by atoms with E-state index in [1.807, 2.05) is 31.7 Å². The highest BCUT2D eigenvalue weighted by Gasteiger charge is 2.51. The molecule has 1 saturated heterocycles. The van der Waals surface area contributed by atoms with Crippen LogP contribution in [0.15, 0.2) is 22.7 Å². The lowest BCUT2D eigenvalue weighted by molar-refractivity contribution is -0.135. The van der Waals surface area contributed by atoms with Gasteiger partial charge in [0.25, 0.3) is 0 Å². The maximum atomic E-state index is 13.8. The molecule has 1 aliphatic carbocycles. The Kier molecular flexibility index (Phi) is 4.52. The highest BCUT2D eigenvalue weighted by atomic mass is 19.1. The molecule has 2 fully saturated rings. The molecule has 1 aliphatic heterocycles. The van der Waals surface area contributed by atoms with Crippen LogP contribution in [0.25, 0.3) is 0 Å². The fourth-order valence-corrected chi connectivity index (χ4v) is 4.16. The summed E-state index contributed by atoms with van der Waals surface area (Å²) in [6.07, 6.45) is 3.51. The van der Waals surface area contributed by atoms with Crippen LogP contribution in [0, 0.1) is 18.7 Å². The van der Waals surface area contributed by atoms with Gasteiger partial charge in [0.1, 0.15) is 5.82 Å². The molecule has 0 spiro atoms. The van der Waals surface area contributed by atoms with Crippen molar-refractivity contribution < 1.29 is 13.7 Å². The second kappa shape index (κ2) is 6.73. The largest absolute Gasteiger partial charge is 0.342 e. The maximum Gasteiger partial charge on any atom is 0.229 e. The van der Waals surface area contributed by atoms with Crippen molar-refractivity contribution in [3.8, 4) is 0 Å². The number of carbonyl (C=O) groups excluding carboxylic acids is 1. The number of nitrogens with zero attached hydrogens (tertiary/aromatic N) is 3. The molecular formula is C21H26FN3O2. The summed E-state index contributed by atoms with van der Waals surface area (Å²) in [4.78, 5) is 18.8. The molecule has 0 unspecified atom stereocenters.